The smallest absolute Gasteiger partial charge is 0.149 e. The summed E-state index contributed by atoms with van der Waals surface area (Å²) in [7, 11) is 0. The quantitative estimate of drug-likeness (QED) is 0.635. The first-order valence-electron chi connectivity index (χ1n) is 4.10. The number of rotatable bonds is 4. The van der Waals surface area contributed by atoms with Crippen LogP contribution in [0.4, 0.5) is 0 Å². The van der Waals surface area contributed by atoms with E-state index in [0.717, 1.165) is 32.2 Å². The Kier molecular flexibility index (Phi) is 2.87. The summed E-state index contributed by atoms with van der Waals surface area (Å²) in [5.41, 5.74) is 0. The lowest BCUT2D eigenvalue weighted by Gasteiger charge is -2.25. The van der Waals surface area contributed by atoms with Crippen molar-refractivity contribution in [2.75, 3.05) is 6.54 Å². The number of carbonyl (C=O) groups excluding carboxylic acids is 1. The molecule has 1 aliphatic rings. The molecule has 1 unspecified atom stereocenters. The van der Waals surface area contributed by atoms with Crippen molar-refractivity contribution in [3.63, 3.8) is 0 Å². The minimum atomic E-state index is 0.214. The van der Waals surface area contributed by atoms with Gasteiger partial charge in [0.25, 0.3) is 0 Å². The number of hydrogen-bond acceptors (Lipinski definition) is 2. The van der Waals surface area contributed by atoms with Crippen LogP contribution in [-0.4, -0.2) is 18.4 Å². The van der Waals surface area contributed by atoms with Gasteiger partial charge < -0.3 is 5.32 Å². The Morgan fingerprint density at radius 1 is 1.70 bits per heavy atom. The maximum absolute atomic E-state index is 11.1. The van der Waals surface area contributed by atoms with Crippen LogP contribution in [0.2, 0.25) is 0 Å². The van der Waals surface area contributed by atoms with E-state index in [0.29, 0.717) is 5.78 Å². The van der Waals surface area contributed by atoms with Crippen LogP contribution < -0.4 is 5.32 Å². The molecule has 1 N–H and O–H groups in total. The van der Waals surface area contributed by atoms with Gasteiger partial charge in [-0.25, -0.2) is 0 Å². The van der Waals surface area contributed by atoms with Gasteiger partial charge in [-0.3, -0.25) is 4.79 Å². The third kappa shape index (κ3) is 1.81. The molecular formula is C8H15NO. The normalized spacial score (nSPS) is 23.9. The van der Waals surface area contributed by atoms with Crippen LogP contribution in [0, 0.1) is 0 Å². The average Bonchev–Trinajstić information content (AvgIpc) is 1.79. The molecule has 1 rings (SSSR count). The van der Waals surface area contributed by atoms with E-state index < -0.39 is 0 Å². The van der Waals surface area contributed by atoms with Crippen LogP contribution in [0.15, 0.2) is 0 Å². The van der Waals surface area contributed by atoms with Crippen molar-refractivity contribution in [3.8, 4) is 0 Å². The molecule has 1 aliphatic heterocycles. The lowest BCUT2D eigenvalue weighted by molar-refractivity contribution is -0.122. The van der Waals surface area contributed by atoms with E-state index in [1.807, 2.05) is 0 Å². The molecule has 0 aromatic rings. The Hall–Kier alpha value is -0.370. The van der Waals surface area contributed by atoms with Crippen LogP contribution in [0.3, 0.4) is 0 Å². The van der Waals surface area contributed by atoms with Crippen LogP contribution >= 0.6 is 0 Å². The fraction of sp³-hybridized carbons (Fsp3) is 0.875. The molecule has 1 saturated heterocycles. The SMILES string of the molecule is CCCCC(=O)C1CCN1. The largest absolute Gasteiger partial charge is 0.307 e. The zero-order chi connectivity index (χ0) is 7.40. The van der Waals surface area contributed by atoms with E-state index in [1.54, 1.807) is 0 Å². The molecule has 2 heteroatoms. The standard InChI is InChI=1S/C8H15NO/c1-2-3-4-8(10)7-5-6-9-7/h7,9H,2-6H2,1H3. The van der Waals surface area contributed by atoms with Crippen LogP contribution in [-0.2, 0) is 4.79 Å². The highest BCUT2D eigenvalue weighted by atomic mass is 16.1. The van der Waals surface area contributed by atoms with Gasteiger partial charge >= 0.3 is 0 Å². The van der Waals surface area contributed by atoms with E-state index in [1.165, 1.54) is 0 Å². The van der Waals surface area contributed by atoms with E-state index in [-0.39, 0.29) is 6.04 Å². The number of Topliss-reactive ketones (excluding diaryl/α,β-unsaturated/α-hetero) is 1. The van der Waals surface area contributed by atoms with Gasteiger partial charge in [0.15, 0.2) is 0 Å². The van der Waals surface area contributed by atoms with Crippen molar-refractivity contribution in [3.05, 3.63) is 0 Å². The number of hydrogen-bond donors (Lipinski definition) is 1. The maximum atomic E-state index is 11.1. The summed E-state index contributed by atoms with van der Waals surface area (Å²) >= 11 is 0. The molecule has 1 fully saturated rings. The Balaban J connectivity index is 2.08. The maximum Gasteiger partial charge on any atom is 0.149 e. The van der Waals surface area contributed by atoms with Crippen molar-refractivity contribution in [1.29, 1.82) is 0 Å². The molecule has 58 valence electrons. The molecule has 0 aromatic heterocycles. The molecule has 0 aliphatic carbocycles. The van der Waals surface area contributed by atoms with E-state index in [9.17, 15) is 4.79 Å². The molecule has 1 atom stereocenters. The molecule has 0 saturated carbocycles. The van der Waals surface area contributed by atoms with Gasteiger partial charge in [-0.05, 0) is 19.4 Å². The monoisotopic (exact) mass is 141 g/mol. The molecule has 0 bridgehead atoms. The molecule has 2 nitrogen and oxygen atoms in total. The fourth-order valence-corrected chi connectivity index (χ4v) is 1.09. The van der Waals surface area contributed by atoms with Crippen molar-refractivity contribution in [2.24, 2.45) is 0 Å². The first-order chi connectivity index (χ1) is 4.84. The van der Waals surface area contributed by atoms with Crippen molar-refractivity contribution in [1.82, 2.24) is 5.32 Å². The summed E-state index contributed by atoms with van der Waals surface area (Å²) in [6, 6.07) is 0.214. The molecular weight excluding hydrogens is 126 g/mol. The van der Waals surface area contributed by atoms with Gasteiger partial charge in [-0.2, -0.15) is 0 Å². The van der Waals surface area contributed by atoms with Crippen molar-refractivity contribution in [2.45, 2.75) is 38.6 Å². The van der Waals surface area contributed by atoms with E-state index >= 15 is 0 Å². The zero-order valence-corrected chi connectivity index (χ0v) is 6.52. The Labute approximate surface area is 62.0 Å². The third-order valence-corrected chi connectivity index (χ3v) is 1.99. The summed E-state index contributed by atoms with van der Waals surface area (Å²) in [6.45, 7) is 3.14. The topological polar surface area (TPSA) is 29.1 Å². The highest BCUT2D eigenvalue weighted by Gasteiger charge is 2.22. The molecule has 0 aromatic carbocycles. The average molecular weight is 141 g/mol. The van der Waals surface area contributed by atoms with Gasteiger partial charge in [0, 0.05) is 6.42 Å². The molecule has 0 radical (unpaired) electrons. The van der Waals surface area contributed by atoms with E-state index in [4.69, 9.17) is 0 Å². The lowest BCUT2D eigenvalue weighted by Crippen LogP contribution is -2.48. The summed E-state index contributed by atoms with van der Waals surface area (Å²) < 4.78 is 0. The van der Waals surface area contributed by atoms with Crippen LogP contribution in [0.1, 0.15) is 32.6 Å². The number of unbranched alkanes of at least 4 members (excludes halogenated alkanes) is 1. The molecule has 10 heavy (non-hydrogen) atoms. The third-order valence-electron chi connectivity index (χ3n) is 1.99. The number of carbonyl (C=O) groups is 1. The Bertz CT molecular complexity index is 118. The van der Waals surface area contributed by atoms with Crippen molar-refractivity contribution >= 4 is 5.78 Å². The Morgan fingerprint density at radius 3 is 2.80 bits per heavy atom. The second-order valence-corrected chi connectivity index (χ2v) is 2.87. The fourth-order valence-electron chi connectivity index (χ4n) is 1.09. The summed E-state index contributed by atoms with van der Waals surface area (Å²) in [6.07, 6.45) is 4.01. The van der Waals surface area contributed by atoms with Crippen LogP contribution in [0.25, 0.3) is 0 Å². The predicted octanol–water partition coefficient (Wildman–Crippen LogP) is 1.11. The first-order valence-corrected chi connectivity index (χ1v) is 4.10. The zero-order valence-electron chi connectivity index (χ0n) is 6.52. The predicted molar refractivity (Wildman–Crippen MR) is 40.9 cm³/mol. The summed E-state index contributed by atoms with van der Waals surface area (Å²) in [4.78, 5) is 11.1. The Morgan fingerprint density at radius 2 is 2.40 bits per heavy atom. The molecule has 0 amide bonds. The lowest BCUT2D eigenvalue weighted by atomic mass is 9.99. The highest BCUT2D eigenvalue weighted by Crippen LogP contribution is 2.07. The van der Waals surface area contributed by atoms with Gasteiger partial charge in [-0.1, -0.05) is 13.3 Å². The first kappa shape index (κ1) is 7.73. The number of nitrogens with one attached hydrogen (secondary N) is 1. The molecule has 0 spiro atoms. The van der Waals surface area contributed by atoms with E-state index in [2.05, 4.69) is 12.2 Å². The van der Waals surface area contributed by atoms with Gasteiger partial charge in [-0.15, -0.1) is 0 Å². The number of ketones is 1. The van der Waals surface area contributed by atoms with Gasteiger partial charge in [0.1, 0.15) is 5.78 Å². The minimum absolute atomic E-state index is 0.214. The second kappa shape index (κ2) is 3.71. The molecule has 1 heterocycles. The summed E-state index contributed by atoms with van der Waals surface area (Å²) in [5.74, 6) is 0.410. The minimum Gasteiger partial charge on any atom is -0.307 e. The summed E-state index contributed by atoms with van der Waals surface area (Å²) in [5, 5.41) is 3.10. The highest BCUT2D eigenvalue weighted by molar-refractivity contribution is 5.84. The van der Waals surface area contributed by atoms with Gasteiger partial charge in [0.05, 0.1) is 6.04 Å². The van der Waals surface area contributed by atoms with Crippen molar-refractivity contribution < 1.29 is 4.79 Å². The second-order valence-electron chi connectivity index (χ2n) is 2.87. The van der Waals surface area contributed by atoms with Gasteiger partial charge in [0.2, 0.25) is 0 Å². The van der Waals surface area contributed by atoms with Crippen LogP contribution in [0.5, 0.6) is 0 Å².